The molecule has 0 saturated carbocycles. The lowest BCUT2D eigenvalue weighted by atomic mass is 9.55. The summed E-state index contributed by atoms with van der Waals surface area (Å²) in [5, 5.41) is 0. The van der Waals surface area contributed by atoms with Crippen molar-refractivity contribution in [2.45, 2.75) is 78.0 Å². The Morgan fingerprint density at radius 2 is 1.75 bits per heavy atom. The zero-order chi connectivity index (χ0) is 15.4. The minimum Gasteiger partial charge on any atom is -0.450 e. The second-order valence-corrected chi connectivity index (χ2v) is 7.83. The van der Waals surface area contributed by atoms with Gasteiger partial charge in [0.15, 0.2) is 0 Å². The van der Waals surface area contributed by atoms with E-state index in [0.717, 1.165) is 12.8 Å². The van der Waals surface area contributed by atoms with Crippen LogP contribution in [0.2, 0.25) is 0 Å². The predicted octanol–water partition coefficient (Wildman–Crippen LogP) is 3.59. The molecule has 2 fully saturated rings. The SMILES string of the molecule is CCOC(=O)N1C[C@]2(CCC1(C)C)OC(C)(C)C2(C)C. The molecule has 0 aromatic heterocycles. The molecule has 2 saturated heterocycles. The van der Waals surface area contributed by atoms with Gasteiger partial charge in [0.1, 0.15) is 0 Å². The van der Waals surface area contributed by atoms with Crippen molar-refractivity contribution in [3.05, 3.63) is 0 Å². The molecule has 0 aromatic carbocycles. The first kappa shape index (κ1) is 15.6. The van der Waals surface area contributed by atoms with Crippen molar-refractivity contribution in [1.29, 1.82) is 0 Å². The molecule has 1 spiro atoms. The Morgan fingerprint density at radius 3 is 2.20 bits per heavy atom. The van der Waals surface area contributed by atoms with Crippen LogP contribution in [0.15, 0.2) is 0 Å². The molecule has 116 valence electrons. The normalized spacial score (nSPS) is 33.6. The van der Waals surface area contributed by atoms with Gasteiger partial charge in [-0.2, -0.15) is 0 Å². The Hall–Kier alpha value is -0.770. The Balaban J connectivity index is 2.24. The number of hydrogen-bond donors (Lipinski definition) is 0. The monoisotopic (exact) mass is 283 g/mol. The minimum absolute atomic E-state index is 0.0429. The van der Waals surface area contributed by atoms with E-state index < -0.39 is 0 Å². The van der Waals surface area contributed by atoms with Gasteiger partial charge in [0.25, 0.3) is 0 Å². The summed E-state index contributed by atoms with van der Waals surface area (Å²) in [7, 11) is 0. The van der Waals surface area contributed by atoms with Gasteiger partial charge in [-0.1, -0.05) is 13.8 Å². The van der Waals surface area contributed by atoms with Crippen LogP contribution < -0.4 is 0 Å². The molecule has 2 rings (SSSR count). The van der Waals surface area contributed by atoms with E-state index in [1.54, 1.807) is 0 Å². The summed E-state index contributed by atoms with van der Waals surface area (Å²) in [5.41, 5.74) is -0.508. The first-order valence-corrected chi connectivity index (χ1v) is 7.64. The van der Waals surface area contributed by atoms with E-state index in [4.69, 9.17) is 9.47 Å². The van der Waals surface area contributed by atoms with Crippen molar-refractivity contribution < 1.29 is 14.3 Å². The molecule has 0 unspecified atom stereocenters. The van der Waals surface area contributed by atoms with Gasteiger partial charge < -0.3 is 14.4 Å². The highest BCUT2D eigenvalue weighted by molar-refractivity contribution is 5.69. The molecule has 1 atom stereocenters. The fourth-order valence-electron chi connectivity index (χ4n) is 3.54. The van der Waals surface area contributed by atoms with Crippen molar-refractivity contribution in [3.63, 3.8) is 0 Å². The van der Waals surface area contributed by atoms with Crippen molar-refractivity contribution in [2.24, 2.45) is 5.41 Å². The standard InChI is InChI=1S/C16H29NO3/c1-8-19-12(18)17-11-16(10-9-13(17,2)3)14(4,5)15(6,7)20-16/h8-11H2,1-7H3/t16-/m0/s1. The average Bonchev–Trinajstić information content (AvgIpc) is 2.31. The summed E-state index contributed by atoms with van der Waals surface area (Å²) in [6.07, 6.45) is 1.71. The maximum Gasteiger partial charge on any atom is 0.410 e. The Morgan fingerprint density at radius 1 is 1.15 bits per heavy atom. The number of rotatable bonds is 1. The van der Waals surface area contributed by atoms with E-state index in [-0.39, 0.29) is 28.2 Å². The topological polar surface area (TPSA) is 38.8 Å². The van der Waals surface area contributed by atoms with Gasteiger partial charge in [0, 0.05) is 11.0 Å². The van der Waals surface area contributed by atoms with E-state index in [1.165, 1.54) is 0 Å². The van der Waals surface area contributed by atoms with Crippen molar-refractivity contribution in [1.82, 2.24) is 4.90 Å². The van der Waals surface area contributed by atoms with Gasteiger partial charge in [-0.15, -0.1) is 0 Å². The number of piperidine rings is 1. The summed E-state index contributed by atoms with van der Waals surface area (Å²) in [5.74, 6) is 0. The summed E-state index contributed by atoms with van der Waals surface area (Å²) < 4.78 is 11.5. The van der Waals surface area contributed by atoms with Crippen LogP contribution in [0.4, 0.5) is 4.79 Å². The van der Waals surface area contributed by atoms with Crippen molar-refractivity contribution >= 4 is 6.09 Å². The number of nitrogens with zero attached hydrogens (tertiary/aromatic N) is 1. The molecule has 1 amide bonds. The van der Waals surface area contributed by atoms with E-state index >= 15 is 0 Å². The third-order valence-corrected chi connectivity index (χ3v) is 5.87. The van der Waals surface area contributed by atoms with Gasteiger partial charge in [0.2, 0.25) is 0 Å². The van der Waals surface area contributed by atoms with E-state index in [9.17, 15) is 4.79 Å². The molecule has 0 N–H and O–H groups in total. The van der Waals surface area contributed by atoms with Crippen molar-refractivity contribution in [3.8, 4) is 0 Å². The highest BCUT2D eigenvalue weighted by Crippen LogP contribution is 2.61. The van der Waals surface area contributed by atoms with Gasteiger partial charge >= 0.3 is 6.09 Å². The third-order valence-electron chi connectivity index (χ3n) is 5.87. The Bertz CT molecular complexity index is 414. The summed E-state index contributed by atoms with van der Waals surface area (Å²) >= 11 is 0. The fraction of sp³-hybridized carbons (Fsp3) is 0.938. The minimum atomic E-state index is -0.237. The first-order chi connectivity index (χ1) is 8.99. The molecule has 0 bridgehead atoms. The Kier molecular flexibility index (Phi) is 3.40. The lowest BCUT2D eigenvalue weighted by molar-refractivity contribution is -0.370. The number of carbonyl (C=O) groups excluding carboxylic acids is 1. The van der Waals surface area contributed by atoms with Crippen LogP contribution in [0.25, 0.3) is 0 Å². The Labute approximate surface area is 122 Å². The molecule has 2 heterocycles. The van der Waals surface area contributed by atoms with Gasteiger partial charge in [0.05, 0.1) is 24.4 Å². The summed E-state index contributed by atoms with van der Waals surface area (Å²) in [6, 6.07) is 0. The van der Waals surface area contributed by atoms with Crippen LogP contribution in [0, 0.1) is 5.41 Å². The van der Waals surface area contributed by atoms with Crippen LogP contribution in [0.5, 0.6) is 0 Å². The molecule has 0 aromatic rings. The smallest absolute Gasteiger partial charge is 0.410 e. The molecule has 0 aliphatic carbocycles. The lowest BCUT2D eigenvalue weighted by Crippen LogP contribution is -2.78. The molecule has 4 nitrogen and oxygen atoms in total. The zero-order valence-corrected chi connectivity index (χ0v) is 14.0. The van der Waals surface area contributed by atoms with E-state index in [2.05, 4.69) is 41.5 Å². The molecular formula is C16H29NO3. The highest BCUT2D eigenvalue weighted by Gasteiger charge is 2.68. The molecule has 0 radical (unpaired) electrons. The van der Waals surface area contributed by atoms with Crippen LogP contribution in [-0.4, -0.2) is 40.9 Å². The maximum absolute atomic E-state index is 12.3. The number of carbonyl (C=O) groups is 1. The molecular weight excluding hydrogens is 254 g/mol. The molecule has 4 heteroatoms. The molecule has 2 aliphatic rings. The zero-order valence-electron chi connectivity index (χ0n) is 14.0. The largest absolute Gasteiger partial charge is 0.450 e. The van der Waals surface area contributed by atoms with Gasteiger partial charge in [-0.3, -0.25) is 0 Å². The van der Waals surface area contributed by atoms with Gasteiger partial charge in [-0.25, -0.2) is 4.79 Å². The van der Waals surface area contributed by atoms with Crippen LogP contribution in [0.1, 0.15) is 61.3 Å². The van der Waals surface area contributed by atoms with Crippen LogP contribution in [-0.2, 0) is 9.47 Å². The average molecular weight is 283 g/mol. The summed E-state index contributed by atoms with van der Waals surface area (Å²) in [4.78, 5) is 14.1. The number of hydrogen-bond acceptors (Lipinski definition) is 3. The number of amides is 1. The predicted molar refractivity (Wildman–Crippen MR) is 78.7 cm³/mol. The highest BCUT2D eigenvalue weighted by atomic mass is 16.6. The van der Waals surface area contributed by atoms with E-state index in [1.807, 2.05) is 11.8 Å². The second-order valence-electron chi connectivity index (χ2n) is 7.83. The first-order valence-electron chi connectivity index (χ1n) is 7.64. The maximum atomic E-state index is 12.3. The fourth-order valence-corrected chi connectivity index (χ4v) is 3.54. The molecule has 20 heavy (non-hydrogen) atoms. The van der Waals surface area contributed by atoms with Gasteiger partial charge in [-0.05, 0) is 47.5 Å². The van der Waals surface area contributed by atoms with Crippen LogP contribution >= 0.6 is 0 Å². The van der Waals surface area contributed by atoms with Crippen LogP contribution in [0.3, 0.4) is 0 Å². The summed E-state index contributed by atoms with van der Waals surface area (Å²) in [6.45, 7) is 15.8. The molecule has 2 aliphatic heterocycles. The van der Waals surface area contributed by atoms with E-state index in [0.29, 0.717) is 13.2 Å². The number of likely N-dealkylation sites (tertiary alicyclic amines) is 1. The third kappa shape index (κ3) is 1.95. The number of ether oxygens (including phenoxy) is 2. The lowest BCUT2D eigenvalue weighted by Gasteiger charge is -2.70. The van der Waals surface area contributed by atoms with Crippen molar-refractivity contribution in [2.75, 3.05) is 13.2 Å². The quantitative estimate of drug-likeness (QED) is 0.738. The second kappa shape index (κ2) is 4.36.